The van der Waals surface area contributed by atoms with E-state index < -0.39 is 0 Å². The van der Waals surface area contributed by atoms with Gasteiger partial charge in [-0.25, -0.2) is 0 Å². The fourth-order valence-electron chi connectivity index (χ4n) is 1.25. The number of thiophene rings is 1. The summed E-state index contributed by atoms with van der Waals surface area (Å²) >= 11 is 10.5. The van der Waals surface area contributed by atoms with Crippen LogP contribution in [0.4, 0.5) is 0 Å². The summed E-state index contributed by atoms with van der Waals surface area (Å²) in [5.41, 5.74) is 0. The van der Waals surface area contributed by atoms with E-state index in [4.69, 9.17) is 11.6 Å². The number of carbonyl (C=O) groups is 1. The summed E-state index contributed by atoms with van der Waals surface area (Å²) in [5, 5.41) is 2.90. The molecule has 0 spiro atoms. The van der Waals surface area contributed by atoms with E-state index in [1.807, 2.05) is 12.1 Å². The van der Waals surface area contributed by atoms with Crippen molar-refractivity contribution in [3.8, 4) is 0 Å². The second-order valence-corrected chi connectivity index (χ2v) is 6.53. The molecule has 1 amide bonds. The number of halogens is 2. The van der Waals surface area contributed by atoms with Crippen molar-refractivity contribution in [2.45, 2.75) is 19.8 Å². The van der Waals surface area contributed by atoms with E-state index in [0.717, 1.165) is 28.0 Å². The van der Waals surface area contributed by atoms with Gasteiger partial charge in [-0.1, -0.05) is 6.92 Å². The van der Waals surface area contributed by atoms with Gasteiger partial charge in [-0.3, -0.25) is 4.79 Å². The van der Waals surface area contributed by atoms with Crippen molar-refractivity contribution < 1.29 is 4.79 Å². The van der Waals surface area contributed by atoms with Crippen LogP contribution in [-0.4, -0.2) is 18.3 Å². The van der Waals surface area contributed by atoms with Crippen LogP contribution in [-0.2, 0) is 0 Å². The minimum atomic E-state index is 0.00854. The minimum Gasteiger partial charge on any atom is -0.351 e. The molecule has 0 saturated carbocycles. The Morgan fingerprint density at radius 1 is 1.62 bits per heavy atom. The van der Waals surface area contributed by atoms with E-state index in [-0.39, 0.29) is 5.91 Å². The van der Waals surface area contributed by atoms with E-state index >= 15 is 0 Å². The Morgan fingerprint density at radius 2 is 2.38 bits per heavy atom. The number of hydrogen-bond acceptors (Lipinski definition) is 2. The van der Waals surface area contributed by atoms with Gasteiger partial charge in [0.1, 0.15) is 0 Å². The molecule has 0 saturated heterocycles. The van der Waals surface area contributed by atoms with Gasteiger partial charge in [-0.05, 0) is 46.8 Å². The first kappa shape index (κ1) is 14.0. The van der Waals surface area contributed by atoms with Crippen LogP contribution >= 0.6 is 38.9 Å². The molecule has 1 aromatic heterocycles. The zero-order valence-corrected chi connectivity index (χ0v) is 12.3. The molecule has 90 valence electrons. The van der Waals surface area contributed by atoms with Gasteiger partial charge < -0.3 is 5.32 Å². The van der Waals surface area contributed by atoms with Gasteiger partial charge in [0.25, 0.3) is 5.91 Å². The Labute approximate surface area is 114 Å². The highest BCUT2D eigenvalue weighted by Crippen LogP contribution is 2.21. The number of alkyl halides is 1. The highest BCUT2D eigenvalue weighted by Gasteiger charge is 2.07. The molecule has 0 aliphatic rings. The van der Waals surface area contributed by atoms with E-state index in [1.165, 1.54) is 11.3 Å². The molecule has 1 atom stereocenters. The molecule has 0 aliphatic heterocycles. The third-order valence-electron chi connectivity index (χ3n) is 2.22. The molecule has 1 rings (SSSR count). The van der Waals surface area contributed by atoms with Crippen LogP contribution in [0.25, 0.3) is 0 Å². The number of hydrogen-bond donors (Lipinski definition) is 1. The molecule has 1 aromatic rings. The third-order valence-corrected chi connectivity index (χ3v) is 4.37. The Balaban J connectivity index is 2.21. The number of carbonyl (C=O) groups excluding carboxylic acids is 1. The van der Waals surface area contributed by atoms with Gasteiger partial charge in [-0.15, -0.1) is 22.9 Å². The number of rotatable bonds is 6. The predicted octanol–water partition coefficient (Wildman–Crippen LogP) is 3.90. The zero-order valence-electron chi connectivity index (χ0n) is 9.13. The average Bonchev–Trinajstić information content (AvgIpc) is 2.70. The van der Waals surface area contributed by atoms with Gasteiger partial charge in [0.2, 0.25) is 0 Å². The van der Waals surface area contributed by atoms with Crippen molar-refractivity contribution in [1.29, 1.82) is 0 Å². The smallest absolute Gasteiger partial charge is 0.261 e. The van der Waals surface area contributed by atoms with Crippen LogP contribution in [0.1, 0.15) is 29.4 Å². The van der Waals surface area contributed by atoms with Gasteiger partial charge >= 0.3 is 0 Å². The molecule has 5 heteroatoms. The van der Waals surface area contributed by atoms with Crippen LogP contribution in [0.15, 0.2) is 15.9 Å². The maximum atomic E-state index is 11.6. The lowest BCUT2D eigenvalue weighted by Gasteiger charge is -2.07. The molecule has 1 N–H and O–H groups in total. The van der Waals surface area contributed by atoms with Crippen LogP contribution in [0.5, 0.6) is 0 Å². The molecule has 0 bridgehead atoms. The van der Waals surface area contributed by atoms with Crippen LogP contribution in [0.2, 0.25) is 0 Å². The van der Waals surface area contributed by atoms with E-state index in [9.17, 15) is 4.79 Å². The van der Waals surface area contributed by atoms with Crippen molar-refractivity contribution in [2.75, 3.05) is 12.4 Å². The zero-order chi connectivity index (χ0) is 12.0. The molecule has 1 unspecified atom stereocenters. The average molecular weight is 325 g/mol. The molecule has 0 aromatic carbocycles. The first-order valence-corrected chi connectivity index (χ1v) is 7.37. The van der Waals surface area contributed by atoms with Crippen molar-refractivity contribution in [3.63, 3.8) is 0 Å². The molecule has 0 fully saturated rings. The fourth-order valence-corrected chi connectivity index (χ4v) is 2.71. The Morgan fingerprint density at radius 3 is 2.94 bits per heavy atom. The summed E-state index contributed by atoms with van der Waals surface area (Å²) in [4.78, 5) is 12.4. The lowest BCUT2D eigenvalue weighted by atomic mass is 10.1. The lowest BCUT2D eigenvalue weighted by Crippen LogP contribution is -2.23. The monoisotopic (exact) mass is 323 g/mol. The van der Waals surface area contributed by atoms with E-state index in [1.54, 1.807) is 0 Å². The summed E-state index contributed by atoms with van der Waals surface area (Å²) in [6.45, 7) is 2.83. The quantitative estimate of drug-likeness (QED) is 0.624. The second kappa shape index (κ2) is 7.30. The standard InChI is InChI=1S/C11H15BrClNOS/c1-8(7-13)3-2-6-14-11(15)9-4-5-10(12)16-9/h4-5,8H,2-3,6-7H2,1H3,(H,14,15). The topological polar surface area (TPSA) is 29.1 Å². The summed E-state index contributed by atoms with van der Waals surface area (Å²) in [6.07, 6.45) is 2.03. The first-order valence-electron chi connectivity index (χ1n) is 5.23. The molecule has 1 heterocycles. The molecule has 2 nitrogen and oxygen atoms in total. The lowest BCUT2D eigenvalue weighted by molar-refractivity contribution is 0.0956. The Hall–Kier alpha value is -0.0600. The first-order chi connectivity index (χ1) is 7.63. The maximum absolute atomic E-state index is 11.6. The number of nitrogens with one attached hydrogen (secondary N) is 1. The Kier molecular flexibility index (Phi) is 6.39. The second-order valence-electron chi connectivity index (χ2n) is 3.76. The van der Waals surface area contributed by atoms with Gasteiger partial charge in [0.15, 0.2) is 0 Å². The molecular weight excluding hydrogens is 310 g/mol. The van der Waals surface area contributed by atoms with Crippen LogP contribution in [0.3, 0.4) is 0 Å². The van der Waals surface area contributed by atoms with Crippen LogP contribution in [0, 0.1) is 5.92 Å². The van der Waals surface area contributed by atoms with E-state index in [2.05, 4.69) is 28.2 Å². The van der Waals surface area contributed by atoms with E-state index in [0.29, 0.717) is 11.8 Å². The van der Waals surface area contributed by atoms with Crippen molar-refractivity contribution in [3.05, 3.63) is 20.8 Å². The normalized spacial score (nSPS) is 12.4. The van der Waals surface area contributed by atoms with Gasteiger partial charge in [0.05, 0.1) is 8.66 Å². The van der Waals surface area contributed by atoms with Crippen molar-refractivity contribution >= 4 is 44.8 Å². The minimum absolute atomic E-state index is 0.00854. The SMILES string of the molecule is CC(CCl)CCCNC(=O)c1ccc(Br)s1. The highest BCUT2D eigenvalue weighted by molar-refractivity contribution is 9.11. The van der Waals surface area contributed by atoms with Gasteiger partial charge in [-0.2, -0.15) is 0 Å². The maximum Gasteiger partial charge on any atom is 0.261 e. The summed E-state index contributed by atoms with van der Waals surface area (Å²) in [6, 6.07) is 3.71. The van der Waals surface area contributed by atoms with Crippen molar-refractivity contribution in [1.82, 2.24) is 5.32 Å². The molecule has 0 radical (unpaired) electrons. The predicted molar refractivity (Wildman–Crippen MR) is 73.5 cm³/mol. The summed E-state index contributed by atoms with van der Waals surface area (Å²) in [7, 11) is 0. The summed E-state index contributed by atoms with van der Waals surface area (Å²) in [5.74, 6) is 1.22. The largest absolute Gasteiger partial charge is 0.351 e. The molecule has 16 heavy (non-hydrogen) atoms. The fraction of sp³-hybridized carbons (Fsp3) is 0.545. The third kappa shape index (κ3) is 4.85. The van der Waals surface area contributed by atoms with Crippen molar-refractivity contribution in [2.24, 2.45) is 5.92 Å². The Bertz CT molecular complexity index is 342. The van der Waals surface area contributed by atoms with Gasteiger partial charge in [0, 0.05) is 12.4 Å². The summed E-state index contributed by atoms with van der Waals surface area (Å²) < 4.78 is 0.980. The number of amides is 1. The molecular formula is C11H15BrClNOS. The van der Waals surface area contributed by atoms with Crippen LogP contribution < -0.4 is 5.32 Å². The molecule has 0 aliphatic carbocycles. The highest BCUT2D eigenvalue weighted by atomic mass is 79.9.